The van der Waals surface area contributed by atoms with E-state index in [1.807, 2.05) is 0 Å². The van der Waals surface area contributed by atoms with E-state index in [0.29, 0.717) is 0 Å². The summed E-state index contributed by atoms with van der Waals surface area (Å²) in [6, 6.07) is 54.3. The van der Waals surface area contributed by atoms with Gasteiger partial charge in [-0.2, -0.15) is 0 Å². The van der Waals surface area contributed by atoms with Crippen molar-refractivity contribution in [3.63, 3.8) is 0 Å². The first-order valence-electron chi connectivity index (χ1n) is 24.8. The first-order chi connectivity index (χ1) is 32.7. The van der Waals surface area contributed by atoms with E-state index in [0.717, 1.165) is 117 Å². The summed E-state index contributed by atoms with van der Waals surface area (Å²) < 4.78 is 0. The van der Waals surface area contributed by atoms with Crippen LogP contribution in [0.4, 0.5) is 17.1 Å². The molecule has 0 fully saturated rings. The van der Waals surface area contributed by atoms with Crippen LogP contribution in [0.3, 0.4) is 0 Å². The van der Waals surface area contributed by atoms with Crippen molar-refractivity contribution in [1.82, 2.24) is 16.0 Å². The largest absolute Gasteiger partial charge is 0.385 e. The molecule has 0 radical (unpaired) electrons. The van der Waals surface area contributed by atoms with Gasteiger partial charge in [-0.1, -0.05) is 109 Å². The number of nitrogens with one attached hydrogen (secondary N) is 6. The summed E-state index contributed by atoms with van der Waals surface area (Å²) >= 11 is 0. The third kappa shape index (κ3) is 10.7. The van der Waals surface area contributed by atoms with Crippen molar-refractivity contribution in [2.75, 3.05) is 55.2 Å². The van der Waals surface area contributed by atoms with Gasteiger partial charge >= 0.3 is 0 Å². The summed E-state index contributed by atoms with van der Waals surface area (Å²) in [6.07, 6.45) is 9.95. The van der Waals surface area contributed by atoms with Gasteiger partial charge in [0.1, 0.15) is 0 Å². The molecule has 0 amide bonds. The van der Waals surface area contributed by atoms with Crippen LogP contribution in [0.5, 0.6) is 0 Å². The molecule has 0 aromatic heterocycles. The van der Waals surface area contributed by atoms with Gasteiger partial charge in [-0.25, -0.2) is 0 Å². The normalized spacial score (nSPS) is 12.5. The highest BCUT2D eigenvalue weighted by atomic mass is 14.9. The average molecular weight is 871 g/mol. The number of rotatable bonds is 24. The smallest absolute Gasteiger partial charge is 0.0343 e. The maximum atomic E-state index is 3.76. The van der Waals surface area contributed by atoms with Crippen LogP contribution in [-0.4, -0.2) is 39.3 Å². The molecule has 0 saturated carbocycles. The Kier molecular flexibility index (Phi) is 14.2. The topological polar surface area (TPSA) is 72.2 Å². The van der Waals surface area contributed by atoms with E-state index in [1.54, 1.807) is 0 Å². The maximum absolute atomic E-state index is 3.76. The van der Waals surface area contributed by atoms with Crippen LogP contribution in [0.2, 0.25) is 0 Å². The summed E-state index contributed by atoms with van der Waals surface area (Å²) in [7, 11) is 0. The number of hydrogen-bond donors (Lipinski definition) is 6. The van der Waals surface area contributed by atoms with E-state index in [1.165, 1.54) is 101 Å². The standard InChI is InChI=1S/C60H66N6/c1-4-16-55-46(13-1)34-49-37-52(19-22-58(49)55)64-28-10-7-25-61-40-43-31-44(41-62-26-8-11-29-65-53-20-23-59-50(38-53)35-47-14-2-5-17-56(47)59)33-45(32-43)42-63-27-9-12-30-66-54-21-24-60-51(39-54)36-48-15-3-6-18-57(48)60/h1-6,13-24,31-33,37-39,61-66H,7-12,25-30,34-36,40-42H2. The van der Waals surface area contributed by atoms with E-state index in [2.05, 4.69) is 177 Å². The molecule has 66 heavy (non-hydrogen) atoms. The van der Waals surface area contributed by atoms with Crippen LogP contribution in [0.1, 0.15) is 88.6 Å². The lowest BCUT2D eigenvalue weighted by atomic mass is 10.0. The molecule has 3 aliphatic carbocycles. The molecule has 0 atom stereocenters. The summed E-state index contributed by atoms with van der Waals surface area (Å²) in [5.41, 5.74) is 24.8. The Morgan fingerprint density at radius 2 is 0.561 bits per heavy atom. The predicted molar refractivity (Wildman–Crippen MR) is 279 cm³/mol. The fourth-order valence-electron chi connectivity index (χ4n) is 10.4. The molecule has 7 aromatic carbocycles. The van der Waals surface area contributed by atoms with Crippen LogP contribution >= 0.6 is 0 Å². The minimum Gasteiger partial charge on any atom is -0.385 e. The molecular formula is C60H66N6. The van der Waals surface area contributed by atoms with Gasteiger partial charge in [0.25, 0.3) is 0 Å². The van der Waals surface area contributed by atoms with E-state index in [4.69, 9.17) is 0 Å². The molecule has 0 saturated heterocycles. The number of fused-ring (bicyclic) bond motifs is 9. The first-order valence-corrected chi connectivity index (χ1v) is 24.8. The fourth-order valence-corrected chi connectivity index (χ4v) is 10.4. The first kappa shape index (κ1) is 43.7. The summed E-state index contributed by atoms with van der Waals surface area (Å²) in [6.45, 7) is 8.67. The lowest BCUT2D eigenvalue weighted by molar-refractivity contribution is 0.618. The molecule has 6 heteroatoms. The molecule has 0 bridgehead atoms. The van der Waals surface area contributed by atoms with Crippen molar-refractivity contribution in [3.05, 3.63) is 196 Å². The number of unbranched alkanes of at least 4 members (excludes halogenated alkanes) is 3. The second-order valence-corrected chi connectivity index (χ2v) is 18.7. The molecule has 3 aliphatic rings. The molecule has 0 unspecified atom stereocenters. The van der Waals surface area contributed by atoms with Gasteiger partial charge < -0.3 is 31.9 Å². The monoisotopic (exact) mass is 871 g/mol. The molecule has 6 nitrogen and oxygen atoms in total. The molecule has 0 aliphatic heterocycles. The third-order valence-corrected chi connectivity index (χ3v) is 13.8. The zero-order valence-corrected chi connectivity index (χ0v) is 38.6. The molecule has 7 aromatic rings. The minimum absolute atomic E-state index is 0.889. The second-order valence-electron chi connectivity index (χ2n) is 18.7. The quantitative estimate of drug-likeness (QED) is 0.0340. The highest BCUT2D eigenvalue weighted by Crippen LogP contribution is 2.40. The summed E-state index contributed by atoms with van der Waals surface area (Å²) in [5, 5.41) is 22.3. The summed E-state index contributed by atoms with van der Waals surface area (Å²) in [4.78, 5) is 0. The van der Waals surface area contributed by atoms with Gasteiger partial charge in [0, 0.05) is 56.3 Å². The van der Waals surface area contributed by atoms with Gasteiger partial charge in [-0.15, -0.1) is 0 Å². The van der Waals surface area contributed by atoms with E-state index in [9.17, 15) is 0 Å². The Bertz CT molecular complexity index is 2440. The number of anilines is 3. The zero-order valence-electron chi connectivity index (χ0n) is 38.6. The van der Waals surface area contributed by atoms with Crippen molar-refractivity contribution in [2.24, 2.45) is 0 Å². The Morgan fingerprint density at radius 1 is 0.273 bits per heavy atom. The molecular weight excluding hydrogens is 805 g/mol. The van der Waals surface area contributed by atoms with E-state index in [-0.39, 0.29) is 0 Å². The van der Waals surface area contributed by atoms with Crippen LogP contribution in [0.15, 0.2) is 146 Å². The minimum atomic E-state index is 0.889. The number of benzene rings is 7. The third-order valence-electron chi connectivity index (χ3n) is 13.8. The Hall–Kier alpha value is -6.18. The van der Waals surface area contributed by atoms with Gasteiger partial charge in [0.2, 0.25) is 0 Å². The second kappa shape index (κ2) is 21.4. The SMILES string of the molecule is c1ccc2c(c1)Cc1cc(NCCCCNCc3cc(CNCCCCNc4ccc5c(c4)Cc4ccccc4-5)cc(CNCCCCNc4ccc5c(c4)Cc4ccccc4-5)c3)ccc1-2. The van der Waals surface area contributed by atoms with Crippen molar-refractivity contribution in [1.29, 1.82) is 0 Å². The molecule has 0 spiro atoms. The maximum Gasteiger partial charge on any atom is 0.0343 e. The van der Waals surface area contributed by atoms with E-state index < -0.39 is 0 Å². The summed E-state index contributed by atoms with van der Waals surface area (Å²) in [5.74, 6) is 0. The average Bonchev–Trinajstić information content (AvgIpc) is 4.03. The van der Waals surface area contributed by atoms with Gasteiger partial charge in [-0.3, -0.25) is 0 Å². The number of hydrogen-bond acceptors (Lipinski definition) is 6. The van der Waals surface area contributed by atoms with Gasteiger partial charge in [0.05, 0.1) is 0 Å². The molecule has 6 N–H and O–H groups in total. The highest BCUT2D eigenvalue weighted by Gasteiger charge is 2.20. The van der Waals surface area contributed by atoms with Crippen molar-refractivity contribution in [3.8, 4) is 33.4 Å². The van der Waals surface area contributed by atoms with Crippen LogP contribution < -0.4 is 31.9 Å². The fraction of sp³-hybridized carbons (Fsp3) is 0.300. The molecule has 0 heterocycles. The lowest BCUT2D eigenvalue weighted by Crippen LogP contribution is -2.19. The van der Waals surface area contributed by atoms with Crippen LogP contribution in [0.25, 0.3) is 33.4 Å². The molecule has 10 rings (SSSR count). The predicted octanol–water partition coefficient (Wildman–Crippen LogP) is 12.3. The van der Waals surface area contributed by atoms with Crippen molar-refractivity contribution >= 4 is 17.1 Å². The van der Waals surface area contributed by atoms with Gasteiger partial charge in [-0.05, 0) is 197 Å². The van der Waals surface area contributed by atoms with Crippen LogP contribution in [0, 0.1) is 0 Å². The van der Waals surface area contributed by atoms with E-state index >= 15 is 0 Å². The van der Waals surface area contributed by atoms with Gasteiger partial charge in [0.15, 0.2) is 0 Å². The zero-order chi connectivity index (χ0) is 44.3. The van der Waals surface area contributed by atoms with Crippen molar-refractivity contribution < 1.29 is 0 Å². The van der Waals surface area contributed by atoms with Crippen LogP contribution in [-0.2, 0) is 38.9 Å². The Balaban J connectivity index is 0.651. The lowest BCUT2D eigenvalue weighted by Gasteiger charge is -2.13. The molecule has 336 valence electrons. The Labute approximate surface area is 393 Å². The van der Waals surface area contributed by atoms with Crippen molar-refractivity contribution in [2.45, 2.75) is 77.4 Å². The highest BCUT2D eigenvalue weighted by molar-refractivity contribution is 5.80. The Morgan fingerprint density at radius 3 is 0.894 bits per heavy atom.